The Balaban J connectivity index is 2.51. The lowest BCUT2D eigenvalue weighted by atomic mass is 10.3. The number of carbonyl (C=O) groups excluding carboxylic acids is 1. The predicted molar refractivity (Wildman–Crippen MR) is 55.1 cm³/mol. The van der Waals surface area contributed by atoms with Crippen LogP contribution in [0.1, 0.15) is 6.42 Å². The summed E-state index contributed by atoms with van der Waals surface area (Å²) < 4.78 is 24.9. The lowest BCUT2D eigenvalue weighted by Crippen LogP contribution is -2.40. The van der Waals surface area contributed by atoms with E-state index in [1.807, 2.05) is 0 Å². The smallest absolute Gasteiger partial charge is 0.221 e. The molecule has 0 saturated carbocycles. The van der Waals surface area contributed by atoms with Crippen LogP contribution in [0.25, 0.3) is 0 Å². The van der Waals surface area contributed by atoms with Crippen molar-refractivity contribution in [3.8, 4) is 0 Å². The van der Waals surface area contributed by atoms with Gasteiger partial charge in [0.25, 0.3) is 0 Å². The van der Waals surface area contributed by atoms with Crippen molar-refractivity contribution < 1.29 is 13.2 Å². The van der Waals surface area contributed by atoms with E-state index in [1.165, 1.54) is 0 Å². The highest BCUT2D eigenvalue weighted by Crippen LogP contribution is 2.01. The lowest BCUT2D eigenvalue weighted by Gasteiger charge is -2.09. The highest BCUT2D eigenvalue weighted by Gasteiger charge is 2.25. The average Bonchev–Trinajstić information content (AvgIpc) is 2.30. The van der Waals surface area contributed by atoms with Gasteiger partial charge in [0.2, 0.25) is 15.9 Å². The van der Waals surface area contributed by atoms with E-state index in [2.05, 4.69) is 22.3 Å². The monoisotopic (exact) mass is 237 g/mol. The minimum atomic E-state index is -3.50. The van der Waals surface area contributed by atoms with E-state index in [0.717, 1.165) is 0 Å². The second-order valence-corrected chi connectivity index (χ2v) is 5.33. The van der Waals surface area contributed by atoms with E-state index in [-0.39, 0.29) is 29.1 Å². The predicted octanol–water partition coefficient (Wildman–Crippen LogP) is -1.92. The third kappa shape index (κ3) is 3.56. The molecular weight excluding hydrogens is 226 g/mol. The van der Waals surface area contributed by atoms with Crippen LogP contribution in [0.3, 0.4) is 0 Å². The maximum Gasteiger partial charge on any atom is 0.221 e. The largest absolute Gasteiger partial charge is 0.392 e. The third-order valence-electron chi connectivity index (χ3n) is 1.66. The van der Waals surface area contributed by atoms with E-state index < -0.39 is 10.0 Å². The Hall–Kier alpha value is -0.730. The highest BCUT2D eigenvalue weighted by atomic mass is 32.2. The number of hydrogen-bond donors (Lipinski definition) is 3. The fourth-order valence-electron chi connectivity index (χ4n) is 1.17. The molecular formula is C6H11N3O3S2. The number of rotatable bonds is 4. The standard InChI is InChI=1S/C6H11N3O3S2/c7-5(13)3-14(11,12)9-4-1-6(10)8-2-4/h4,9H,1-3H2,(H2,7,13)(H,8,10). The van der Waals surface area contributed by atoms with Crippen molar-refractivity contribution in [1.82, 2.24) is 10.0 Å². The summed E-state index contributed by atoms with van der Waals surface area (Å²) in [7, 11) is -3.50. The Kier molecular flexibility index (Phi) is 3.40. The zero-order chi connectivity index (χ0) is 10.8. The van der Waals surface area contributed by atoms with Crippen LogP contribution in [0.4, 0.5) is 0 Å². The van der Waals surface area contributed by atoms with Crippen LogP contribution < -0.4 is 15.8 Å². The molecule has 0 bridgehead atoms. The van der Waals surface area contributed by atoms with Crippen LogP contribution in [0.5, 0.6) is 0 Å². The van der Waals surface area contributed by atoms with Crippen LogP contribution in [-0.4, -0.2) is 37.7 Å². The molecule has 0 aromatic rings. The SMILES string of the molecule is NC(=S)CS(=O)(=O)NC1CNC(=O)C1. The van der Waals surface area contributed by atoms with E-state index in [4.69, 9.17) is 5.73 Å². The molecule has 1 atom stereocenters. The fourth-order valence-corrected chi connectivity index (χ4v) is 2.77. The summed E-state index contributed by atoms with van der Waals surface area (Å²) in [5, 5.41) is 2.52. The van der Waals surface area contributed by atoms with Gasteiger partial charge in [-0.15, -0.1) is 0 Å². The zero-order valence-electron chi connectivity index (χ0n) is 7.32. The van der Waals surface area contributed by atoms with Gasteiger partial charge in [0, 0.05) is 19.0 Å². The van der Waals surface area contributed by atoms with Crippen molar-refractivity contribution in [2.24, 2.45) is 5.73 Å². The molecule has 1 aliphatic heterocycles. The van der Waals surface area contributed by atoms with E-state index in [9.17, 15) is 13.2 Å². The Morgan fingerprint density at radius 2 is 2.36 bits per heavy atom. The maximum absolute atomic E-state index is 11.3. The Morgan fingerprint density at radius 1 is 1.71 bits per heavy atom. The molecule has 0 aliphatic carbocycles. The van der Waals surface area contributed by atoms with Crippen molar-refractivity contribution >= 4 is 33.1 Å². The van der Waals surface area contributed by atoms with E-state index in [1.54, 1.807) is 0 Å². The highest BCUT2D eigenvalue weighted by molar-refractivity contribution is 7.92. The average molecular weight is 237 g/mol. The van der Waals surface area contributed by atoms with E-state index >= 15 is 0 Å². The fraction of sp³-hybridized carbons (Fsp3) is 0.667. The molecule has 1 fully saturated rings. The van der Waals surface area contributed by atoms with Crippen molar-refractivity contribution in [3.63, 3.8) is 0 Å². The normalized spacial score (nSPS) is 22.0. The van der Waals surface area contributed by atoms with Crippen LogP contribution in [0.15, 0.2) is 0 Å². The Morgan fingerprint density at radius 3 is 2.79 bits per heavy atom. The Labute approximate surface area is 87.3 Å². The third-order valence-corrected chi connectivity index (χ3v) is 3.37. The molecule has 6 nitrogen and oxygen atoms in total. The summed E-state index contributed by atoms with van der Waals surface area (Å²) >= 11 is 4.48. The molecule has 1 saturated heterocycles. The van der Waals surface area contributed by atoms with Gasteiger partial charge >= 0.3 is 0 Å². The summed E-state index contributed by atoms with van der Waals surface area (Å²) in [6.45, 7) is 0.315. The van der Waals surface area contributed by atoms with Crippen molar-refractivity contribution in [2.75, 3.05) is 12.3 Å². The molecule has 14 heavy (non-hydrogen) atoms. The van der Waals surface area contributed by atoms with Crippen molar-refractivity contribution in [3.05, 3.63) is 0 Å². The first-order chi connectivity index (χ1) is 6.39. The van der Waals surface area contributed by atoms with Gasteiger partial charge in [-0.1, -0.05) is 12.2 Å². The van der Waals surface area contributed by atoms with Gasteiger partial charge in [0.15, 0.2) is 0 Å². The molecule has 1 unspecified atom stereocenters. The van der Waals surface area contributed by atoms with Crippen LogP contribution >= 0.6 is 12.2 Å². The van der Waals surface area contributed by atoms with Gasteiger partial charge < -0.3 is 11.1 Å². The molecule has 0 radical (unpaired) electrons. The summed E-state index contributed by atoms with van der Waals surface area (Å²) in [4.78, 5) is 10.7. The quantitative estimate of drug-likeness (QED) is 0.495. The number of sulfonamides is 1. The summed E-state index contributed by atoms with van der Waals surface area (Å²) in [6.07, 6.45) is 0.163. The molecule has 1 rings (SSSR count). The minimum Gasteiger partial charge on any atom is -0.392 e. The van der Waals surface area contributed by atoms with E-state index in [0.29, 0.717) is 6.54 Å². The number of nitrogens with one attached hydrogen (secondary N) is 2. The Bertz CT molecular complexity index is 351. The van der Waals surface area contributed by atoms with Gasteiger partial charge in [-0.2, -0.15) is 0 Å². The van der Waals surface area contributed by atoms with Gasteiger partial charge in [-0.05, 0) is 0 Å². The number of carbonyl (C=O) groups is 1. The zero-order valence-corrected chi connectivity index (χ0v) is 8.95. The second-order valence-electron chi connectivity index (χ2n) is 3.05. The molecule has 1 heterocycles. The van der Waals surface area contributed by atoms with Crippen LogP contribution in [0, 0.1) is 0 Å². The molecule has 0 aromatic carbocycles. The second kappa shape index (κ2) is 4.20. The first-order valence-corrected chi connectivity index (χ1v) is 6.00. The molecule has 0 spiro atoms. The lowest BCUT2D eigenvalue weighted by molar-refractivity contribution is -0.119. The van der Waals surface area contributed by atoms with Crippen molar-refractivity contribution in [2.45, 2.75) is 12.5 Å². The van der Waals surface area contributed by atoms with Gasteiger partial charge in [0.1, 0.15) is 5.75 Å². The van der Waals surface area contributed by atoms with Crippen molar-refractivity contribution in [1.29, 1.82) is 0 Å². The number of hydrogen-bond acceptors (Lipinski definition) is 4. The molecule has 1 amide bonds. The molecule has 0 aromatic heterocycles. The summed E-state index contributed by atoms with van der Waals surface area (Å²) in [5.41, 5.74) is 5.11. The molecule has 1 aliphatic rings. The van der Waals surface area contributed by atoms with Gasteiger partial charge in [-0.3, -0.25) is 4.79 Å². The molecule has 80 valence electrons. The number of amides is 1. The minimum absolute atomic E-state index is 0.0882. The first-order valence-electron chi connectivity index (χ1n) is 3.94. The molecule has 4 N–H and O–H groups in total. The maximum atomic E-state index is 11.3. The topological polar surface area (TPSA) is 101 Å². The van der Waals surface area contributed by atoms with Crippen LogP contribution in [-0.2, 0) is 14.8 Å². The number of nitrogens with two attached hydrogens (primary N) is 1. The van der Waals surface area contributed by atoms with Gasteiger partial charge in [0.05, 0.1) is 4.99 Å². The molecule has 8 heteroatoms. The van der Waals surface area contributed by atoms with Crippen LogP contribution in [0.2, 0.25) is 0 Å². The number of thiocarbonyl (C=S) groups is 1. The van der Waals surface area contributed by atoms with Gasteiger partial charge in [-0.25, -0.2) is 13.1 Å². The first kappa shape index (κ1) is 11.3. The summed E-state index contributed by atoms with van der Waals surface area (Å²) in [5.74, 6) is -0.541. The summed E-state index contributed by atoms with van der Waals surface area (Å²) in [6, 6.07) is -0.387.